The maximum atomic E-state index is 13.1. The first kappa shape index (κ1) is 25.9. The van der Waals surface area contributed by atoms with Crippen molar-refractivity contribution in [1.82, 2.24) is 20.4 Å². The first-order valence-corrected chi connectivity index (χ1v) is 10.5. The number of aromatic nitrogens is 3. The van der Waals surface area contributed by atoms with E-state index in [-0.39, 0.29) is 52.4 Å². The summed E-state index contributed by atoms with van der Waals surface area (Å²) >= 11 is 6.15. The fourth-order valence-electron chi connectivity index (χ4n) is 2.96. The Kier molecular flexibility index (Phi) is 7.92. The van der Waals surface area contributed by atoms with Gasteiger partial charge in [0.15, 0.2) is 5.69 Å². The number of nitrogens with zero attached hydrogens (tertiary/aromatic N) is 3. The Balaban J connectivity index is 1.69. The van der Waals surface area contributed by atoms with Gasteiger partial charge in [0, 0.05) is 18.3 Å². The second-order valence-electron chi connectivity index (χ2n) is 7.33. The second-order valence-corrected chi connectivity index (χ2v) is 7.71. The smallest absolute Gasteiger partial charge is 0.395 e. The van der Waals surface area contributed by atoms with Gasteiger partial charge in [-0.15, -0.1) is 0 Å². The molecule has 0 aliphatic rings. The third-order valence-corrected chi connectivity index (χ3v) is 5.11. The molecule has 35 heavy (non-hydrogen) atoms. The van der Waals surface area contributed by atoms with Crippen LogP contribution >= 0.6 is 11.6 Å². The first-order valence-electron chi connectivity index (χ1n) is 10.1. The SMILES string of the molecule is Cc1ccc(NC(=O)c2cc(C(C)NC(=O)c3ncnc(NCCO)c3Cl)no2)cc1C(F)(F)F. The van der Waals surface area contributed by atoms with Gasteiger partial charge in [0.05, 0.1) is 18.2 Å². The number of alkyl halides is 3. The Morgan fingerprint density at radius 3 is 2.63 bits per heavy atom. The van der Waals surface area contributed by atoms with Gasteiger partial charge in [-0.1, -0.05) is 22.8 Å². The fourth-order valence-corrected chi connectivity index (χ4v) is 3.21. The van der Waals surface area contributed by atoms with Crippen LogP contribution in [0.1, 0.15) is 50.8 Å². The van der Waals surface area contributed by atoms with E-state index in [0.29, 0.717) is 0 Å². The topological polar surface area (TPSA) is 142 Å². The lowest BCUT2D eigenvalue weighted by molar-refractivity contribution is -0.138. The molecule has 0 saturated heterocycles. The number of amides is 2. The molecule has 2 amide bonds. The van der Waals surface area contributed by atoms with Crippen LogP contribution in [0.15, 0.2) is 35.1 Å². The number of aryl methyl sites for hydroxylation is 1. The van der Waals surface area contributed by atoms with Gasteiger partial charge >= 0.3 is 6.18 Å². The fraction of sp³-hybridized carbons (Fsp3) is 0.286. The molecule has 1 atom stereocenters. The quantitative estimate of drug-likeness (QED) is 0.358. The molecule has 1 unspecified atom stereocenters. The predicted molar refractivity (Wildman–Crippen MR) is 119 cm³/mol. The van der Waals surface area contributed by atoms with Gasteiger partial charge in [-0.25, -0.2) is 9.97 Å². The van der Waals surface area contributed by atoms with Crippen molar-refractivity contribution >= 4 is 34.9 Å². The molecule has 14 heteroatoms. The number of anilines is 2. The monoisotopic (exact) mass is 512 g/mol. The van der Waals surface area contributed by atoms with Gasteiger partial charge in [0.25, 0.3) is 11.8 Å². The number of benzene rings is 1. The van der Waals surface area contributed by atoms with Crippen molar-refractivity contribution in [3.8, 4) is 0 Å². The molecule has 0 spiro atoms. The number of carbonyl (C=O) groups excluding carboxylic acids is 2. The van der Waals surface area contributed by atoms with E-state index < -0.39 is 29.6 Å². The minimum atomic E-state index is -4.57. The van der Waals surface area contributed by atoms with E-state index in [4.69, 9.17) is 21.2 Å². The van der Waals surface area contributed by atoms with E-state index in [1.54, 1.807) is 6.92 Å². The average molecular weight is 513 g/mol. The Hall–Kier alpha value is -3.71. The molecule has 3 rings (SSSR count). The summed E-state index contributed by atoms with van der Waals surface area (Å²) in [6.07, 6.45) is -3.45. The Bertz CT molecular complexity index is 1230. The van der Waals surface area contributed by atoms with Crippen LogP contribution in [0.5, 0.6) is 0 Å². The summed E-state index contributed by atoms with van der Waals surface area (Å²) < 4.78 is 44.3. The van der Waals surface area contributed by atoms with Crippen molar-refractivity contribution in [1.29, 1.82) is 0 Å². The highest BCUT2D eigenvalue weighted by Gasteiger charge is 2.32. The molecule has 0 aliphatic heterocycles. The largest absolute Gasteiger partial charge is 0.416 e. The van der Waals surface area contributed by atoms with Gasteiger partial charge in [-0.2, -0.15) is 13.2 Å². The molecule has 1 aromatic carbocycles. The van der Waals surface area contributed by atoms with Gasteiger partial charge in [-0.05, 0) is 31.5 Å². The highest BCUT2D eigenvalue weighted by molar-refractivity contribution is 6.35. The van der Waals surface area contributed by atoms with Crippen LogP contribution in [-0.2, 0) is 6.18 Å². The predicted octanol–water partition coefficient (Wildman–Crippen LogP) is 3.59. The molecule has 0 radical (unpaired) electrons. The van der Waals surface area contributed by atoms with Gasteiger partial charge in [0.2, 0.25) is 5.76 Å². The van der Waals surface area contributed by atoms with Crippen molar-refractivity contribution in [2.75, 3.05) is 23.8 Å². The van der Waals surface area contributed by atoms with Crippen molar-refractivity contribution in [3.63, 3.8) is 0 Å². The second kappa shape index (κ2) is 10.7. The van der Waals surface area contributed by atoms with Crippen LogP contribution in [0.25, 0.3) is 0 Å². The van der Waals surface area contributed by atoms with E-state index in [9.17, 15) is 22.8 Å². The number of carbonyl (C=O) groups is 2. The highest BCUT2D eigenvalue weighted by atomic mass is 35.5. The summed E-state index contributed by atoms with van der Waals surface area (Å²) in [4.78, 5) is 32.8. The number of aliphatic hydroxyl groups is 1. The summed E-state index contributed by atoms with van der Waals surface area (Å²) in [6.45, 7) is 2.87. The molecule has 3 aromatic rings. The Labute approximate surface area is 201 Å². The molecule has 10 nitrogen and oxygen atoms in total. The lowest BCUT2D eigenvalue weighted by atomic mass is 10.1. The lowest BCUT2D eigenvalue weighted by Crippen LogP contribution is -2.28. The van der Waals surface area contributed by atoms with E-state index in [0.717, 1.165) is 12.4 Å². The number of hydrogen-bond acceptors (Lipinski definition) is 8. The van der Waals surface area contributed by atoms with Crippen LogP contribution < -0.4 is 16.0 Å². The molecule has 0 bridgehead atoms. The van der Waals surface area contributed by atoms with Crippen LogP contribution in [0.4, 0.5) is 24.7 Å². The normalized spacial score (nSPS) is 12.2. The zero-order valence-electron chi connectivity index (χ0n) is 18.4. The standard InChI is InChI=1S/C21H20ClF3N6O4/c1-10-3-4-12(7-13(10)21(23,24)25)30-19(33)15-8-14(31-35-15)11(2)29-20(34)17-16(22)18(26-5-6-32)28-9-27-17/h3-4,7-9,11,32H,5-6H2,1-2H3,(H,29,34)(H,30,33)(H,26,27,28). The van der Waals surface area contributed by atoms with Crippen LogP contribution in [0.2, 0.25) is 5.02 Å². The maximum absolute atomic E-state index is 13.1. The van der Waals surface area contributed by atoms with Crippen molar-refractivity contribution in [2.24, 2.45) is 0 Å². The molecule has 2 aromatic heterocycles. The number of hydrogen-bond donors (Lipinski definition) is 4. The van der Waals surface area contributed by atoms with Gasteiger partial charge in [0.1, 0.15) is 22.9 Å². The molecule has 0 saturated carbocycles. The minimum absolute atomic E-state index is 0.0158. The maximum Gasteiger partial charge on any atom is 0.416 e. The minimum Gasteiger partial charge on any atom is -0.395 e. The van der Waals surface area contributed by atoms with E-state index in [1.165, 1.54) is 25.1 Å². The lowest BCUT2D eigenvalue weighted by Gasteiger charge is -2.12. The molecular weight excluding hydrogens is 493 g/mol. The Morgan fingerprint density at radius 2 is 1.94 bits per heavy atom. The van der Waals surface area contributed by atoms with Gasteiger partial charge in [-0.3, -0.25) is 9.59 Å². The number of rotatable bonds is 8. The number of nitrogens with one attached hydrogen (secondary N) is 3. The number of aliphatic hydroxyl groups excluding tert-OH is 1. The average Bonchev–Trinajstić information content (AvgIpc) is 3.29. The highest BCUT2D eigenvalue weighted by Crippen LogP contribution is 2.33. The molecular formula is C21H20ClF3N6O4. The van der Waals surface area contributed by atoms with Crippen LogP contribution in [0, 0.1) is 6.92 Å². The van der Waals surface area contributed by atoms with Gasteiger partial charge < -0.3 is 25.6 Å². The summed E-state index contributed by atoms with van der Waals surface area (Å²) in [5.74, 6) is -1.59. The molecule has 0 aliphatic carbocycles. The Morgan fingerprint density at radius 1 is 1.20 bits per heavy atom. The number of halogens is 4. The van der Waals surface area contributed by atoms with Crippen molar-refractivity contribution in [2.45, 2.75) is 26.1 Å². The molecule has 0 fully saturated rings. The van der Waals surface area contributed by atoms with Crippen LogP contribution in [-0.4, -0.2) is 45.2 Å². The summed E-state index contributed by atoms with van der Waals surface area (Å²) in [5, 5.41) is 20.3. The summed E-state index contributed by atoms with van der Waals surface area (Å²) in [7, 11) is 0. The zero-order valence-corrected chi connectivity index (χ0v) is 19.2. The molecule has 4 N–H and O–H groups in total. The third kappa shape index (κ3) is 6.25. The van der Waals surface area contributed by atoms with Crippen LogP contribution in [0.3, 0.4) is 0 Å². The van der Waals surface area contributed by atoms with E-state index >= 15 is 0 Å². The molecule has 2 heterocycles. The molecule has 186 valence electrons. The van der Waals surface area contributed by atoms with Crippen molar-refractivity contribution in [3.05, 3.63) is 63.9 Å². The third-order valence-electron chi connectivity index (χ3n) is 4.75. The first-order chi connectivity index (χ1) is 16.5. The zero-order chi connectivity index (χ0) is 25.8. The summed E-state index contributed by atoms with van der Waals surface area (Å²) in [6, 6.07) is 3.89. The van der Waals surface area contributed by atoms with Crippen molar-refractivity contribution < 1.29 is 32.4 Å². The van der Waals surface area contributed by atoms with E-state index in [1.807, 2.05) is 0 Å². The van der Waals surface area contributed by atoms with E-state index in [2.05, 4.69) is 31.1 Å². The summed E-state index contributed by atoms with van der Waals surface area (Å²) in [5.41, 5.74) is -0.885.